The number of nitro groups is 1. The topological polar surface area (TPSA) is 73.0 Å². The molecule has 0 amide bonds. The first-order chi connectivity index (χ1) is 6.97. The van der Waals surface area contributed by atoms with E-state index in [-0.39, 0.29) is 11.9 Å². The largest absolute Gasteiger partial charge is 0.406 e. The van der Waals surface area contributed by atoms with E-state index in [0.717, 1.165) is 0 Å². The maximum atomic E-state index is 10.7. The molecule has 6 nitrogen and oxygen atoms in total. The van der Waals surface area contributed by atoms with Gasteiger partial charge in [0.15, 0.2) is 0 Å². The van der Waals surface area contributed by atoms with Crippen LogP contribution >= 0.6 is 0 Å². The summed E-state index contributed by atoms with van der Waals surface area (Å²) in [6.07, 6.45) is 1.67. The summed E-state index contributed by atoms with van der Waals surface area (Å²) in [5.74, 6) is 0.856. The standard InChI is InChI=1S/C9H14N4O2/c1-5-6(2)10-8-9(13(14)15)11-7(3)12(8)4/h5-6,10H,1H2,2-4H3. The molecule has 82 valence electrons. The summed E-state index contributed by atoms with van der Waals surface area (Å²) in [5.41, 5.74) is 0. The molecule has 1 aromatic rings. The van der Waals surface area contributed by atoms with Crippen LogP contribution in [-0.4, -0.2) is 20.5 Å². The minimum Gasteiger partial charge on any atom is -0.358 e. The fraction of sp³-hybridized carbons (Fsp3) is 0.444. The number of imidazole rings is 1. The highest BCUT2D eigenvalue weighted by Crippen LogP contribution is 2.24. The lowest BCUT2D eigenvalue weighted by atomic mass is 10.3. The summed E-state index contributed by atoms with van der Waals surface area (Å²) in [7, 11) is 1.73. The van der Waals surface area contributed by atoms with Gasteiger partial charge >= 0.3 is 5.82 Å². The summed E-state index contributed by atoms with van der Waals surface area (Å²) >= 11 is 0. The van der Waals surface area contributed by atoms with Crippen LogP contribution in [0.2, 0.25) is 0 Å². The number of aryl methyl sites for hydroxylation is 1. The second kappa shape index (κ2) is 4.12. The third-order valence-corrected chi connectivity index (χ3v) is 2.19. The van der Waals surface area contributed by atoms with Gasteiger partial charge in [0, 0.05) is 20.0 Å². The summed E-state index contributed by atoms with van der Waals surface area (Å²) in [5, 5.41) is 13.7. The molecular weight excluding hydrogens is 196 g/mol. The Bertz CT molecular complexity index is 397. The van der Waals surface area contributed by atoms with Gasteiger partial charge in [0.2, 0.25) is 11.6 Å². The number of nitrogens with zero attached hydrogens (tertiary/aromatic N) is 3. The molecule has 15 heavy (non-hydrogen) atoms. The van der Waals surface area contributed by atoms with Crippen molar-refractivity contribution in [2.24, 2.45) is 7.05 Å². The summed E-state index contributed by atoms with van der Waals surface area (Å²) in [4.78, 5) is 14.1. The molecule has 0 saturated carbocycles. The minimum absolute atomic E-state index is 0.0431. The molecule has 0 aromatic carbocycles. The van der Waals surface area contributed by atoms with Crippen molar-refractivity contribution in [2.75, 3.05) is 5.32 Å². The Balaban J connectivity index is 3.13. The van der Waals surface area contributed by atoms with E-state index in [9.17, 15) is 10.1 Å². The predicted molar refractivity (Wildman–Crippen MR) is 57.9 cm³/mol. The number of rotatable bonds is 4. The van der Waals surface area contributed by atoms with Gasteiger partial charge in [-0.2, -0.15) is 0 Å². The Kier molecular flexibility index (Phi) is 3.08. The maximum Gasteiger partial charge on any atom is 0.406 e. The van der Waals surface area contributed by atoms with Crippen LogP contribution in [0.1, 0.15) is 12.7 Å². The first-order valence-electron chi connectivity index (χ1n) is 4.54. The van der Waals surface area contributed by atoms with Crippen LogP contribution in [0.4, 0.5) is 11.6 Å². The molecule has 0 aliphatic heterocycles. The van der Waals surface area contributed by atoms with Crippen molar-refractivity contribution >= 4 is 11.6 Å². The van der Waals surface area contributed by atoms with Crippen molar-refractivity contribution in [3.63, 3.8) is 0 Å². The summed E-state index contributed by atoms with van der Waals surface area (Å²) < 4.78 is 1.65. The van der Waals surface area contributed by atoms with E-state index in [0.29, 0.717) is 11.6 Å². The monoisotopic (exact) mass is 210 g/mol. The first kappa shape index (κ1) is 11.2. The lowest BCUT2D eigenvalue weighted by molar-refractivity contribution is -0.388. The average molecular weight is 210 g/mol. The van der Waals surface area contributed by atoms with E-state index in [1.807, 2.05) is 6.92 Å². The van der Waals surface area contributed by atoms with Crippen molar-refractivity contribution < 1.29 is 4.92 Å². The van der Waals surface area contributed by atoms with Crippen LogP contribution in [-0.2, 0) is 7.05 Å². The molecule has 1 rings (SSSR count). The molecule has 0 fully saturated rings. The molecule has 0 spiro atoms. The van der Waals surface area contributed by atoms with E-state index in [4.69, 9.17) is 0 Å². The predicted octanol–water partition coefficient (Wildman–Crippen LogP) is 1.62. The second-order valence-corrected chi connectivity index (χ2v) is 3.32. The van der Waals surface area contributed by atoms with Gasteiger partial charge in [0.1, 0.15) is 0 Å². The highest BCUT2D eigenvalue weighted by Gasteiger charge is 2.23. The van der Waals surface area contributed by atoms with Gasteiger partial charge in [-0.15, -0.1) is 6.58 Å². The third kappa shape index (κ3) is 2.15. The van der Waals surface area contributed by atoms with Gasteiger partial charge in [0.05, 0.1) is 0 Å². The van der Waals surface area contributed by atoms with E-state index in [1.54, 1.807) is 24.6 Å². The minimum atomic E-state index is -0.495. The van der Waals surface area contributed by atoms with Gasteiger partial charge in [-0.25, -0.2) is 0 Å². The third-order valence-electron chi connectivity index (χ3n) is 2.19. The van der Waals surface area contributed by atoms with Crippen molar-refractivity contribution in [2.45, 2.75) is 19.9 Å². The fourth-order valence-electron chi connectivity index (χ4n) is 1.16. The van der Waals surface area contributed by atoms with Gasteiger partial charge in [-0.3, -0.25) is 4.57 Å². The quantitative estimate of drug-likeness (QED) is 0.465. The number of aromatic nitrogens is 2. The summed E-state index contributed by atoms with van der Waals surface area (Å²) in [6.45, 7) is 7.18. The van der Waals surface area contributed by atoms with E-state index in [1.165, 1.54) is 0 Å². The van der Waals surface area contributed by atoms with Crippen LogP contribution in [0.3, 0.4) is 0 Å². The fourth-order valence-corrected chi connectivity index (χ4v) is 1.16. The highest BCUT2D eigenvalue weighted by atomic mass is 16.6. The van der Waals surface area contributed by atoms with Crippen molar-refractivity contribution in [3.05, 3.63) is 28.6 Å². The van der Waals surface area contributed by atoms with Crippen molar-refractivity contribution in [1.82, 2.24) is 9.55 Å². The zero-order valence-electron chi connectivity index (χ0n) is 9.02. The smallest absolute Gasteiger partial charge is 0.358 e. The molecule has 0 radical (unpaired) electrons. The number of hydrogen-bond acceptors (Lipinski definition) is 4. The number of anilines is 1. The lowest BCUT2D eigenvalue weighted by Crippen LogP contribution is -2.15. The molecule has 1 heterocycles. The van der Waals surface area contributed by atoms with E-state index >= 15 is 0 Å². The van der Waals surface area contributed by atoms with Gasteiger partial charge in [-0.05, 0) is 16.8 Å². The molecular formula is C9H14N4O2. The normalized spacial score (nSPS) is 12.2. The molecule has 1 unspecified atom stereocenters. The van der Waals surface area contributed by atoms with Crippen molar-refractivity contribution in [3.8, 4) is 0 Å². The zero-order chi connectivity index (χ0) is 11.6. The van der Waals surface area contributed by atoms with Crippen LogP contribution in [0.5, 0.6) is 0 Å². The Morgan fingerprint density at radius 1 is 1.73 bits per heavy atom. The highest BCUT2D eigenvalue weighted by molar-refractivity contribution is 5.54. The van der Waals surface area contributed by atoms with Crippen LogP contribution in [0.25, 0.3) is 0 Å². The second-order valence-electron chi connectivity index (χ2n) is 3.32. The molecule has 0 saturated heterocycles. The Morgan fingerprint density at radius 2 is 2.33 bits per heavy atom. The average Bonchev–Trinajstić information content (AvgIpc) is 2.46. The molecule has 1 atom stereocenters. The Labute approximate surface area is 87.8 Å². The maximum absolute atomic E-state index is 10.7. The van der Waals surface area contributed by atoms with E-state index in [2.05, 4.69) is 16.9 Å². The Morgan fingerprint density at radius 3 is 2.80 bits per heavy atom. The molecule has 0 aliphatic rings. The van der Waals surface area contributed by atoms with Gasteiger partial charge in [0.25, 0.3) is 0 Å². The van der Waals surface area contributed by atoms with Gasteiger partial charge < -0.3 is 15.4 Å². The molecule has 0 aliphatic carbocycles. The molecule has 1 aromatic heterocycles. The van der Waals surface area contributed by atoms with Crippen LogP contribution in [0, 0.1) is 17.0 Å². The van der Waals surface area contributed by atoms with Crippen LogP contribution in [0.15, 0.2) is 12.7 Å². The lowest BCUT2D eigenvalue weighted by Gasteiger charge is -2.10. The number of hydrogen-bond donors (Lipinski definition) is 1. The van der Waals surface area contributed by atoms with E-state index < -0.39 is 4.92 Å². The summed E-state index contributed by atoms with van der Waals surface area (Å²) in [6, 6.07) is -0.0431. The zero-order valence-corrected chi connectivity index (χ0v) is 9.02. The molecule has 1 N–H and O–H groups in total. The Hall–Kier alpha value is -1.85. The van der Waals surface area contributed by atoms with Crippen molar-refractivity contribution in [1.29, 1.82) is 0 Å². The molecule has 0 bridgehead atoms. The van der Waals surface area contributed by atoms with Crippen LogP contribution < -0.4 is 5.32 Å². The number of nitrogens with one attached hydrogen (secondary N) is 1. The van der Waals surface area contributed by atoms with Gasteiger partial charge in [-0.1, -0.05) is 6.08 Å². The molecule has 6 heteroatoms. The SMILES string of the molecule is C=CC(C)Nc1c([N+](=O)[O-])nc(C)n1C. The first-order valence-corrected chi connectivity index (χ1v) is 4.54.